The molecular weight excluding hydrogens is 364 g/mol. The lowest BCUT2D eigenvalue weighted by atomic mass is 10.1. The first-order chi connectivity index (χ1) is 13.8. The molecule has 3 heteroatoms. The lowest BCUT2D eigenvalue weighted by molar-refractivity contribution is 0.0528. The third-order valence-corrected chi connectivity index (χ3v) is 7.20. The molecule has 0 amide bonds. The van der Waals surface area contributed by atoms with Crippen molar-refractivity contribution in [3.05, 3.63) is 0 Å². The number of hydrogen-bond acceptors (Lipinski definition) is 3. The molecule has 0 heterocycles. The largest absolute Gasteiger partial charge is 0.396 e. The Kier molecular flexibility index (Phi) is 23.8. The van der Waals surface area contributed by atoms with Gasteiger partial charge in [-0.25, -0.2) is 0 Å². The Hall–Kier alpha value is 0.270. The van der Waals surface area contributed by atoms with Crippen molar-refractivity contribution in [1.29, 1.82) is 0 Å². The molecule has 0 aliphatic carbocycles. The van der Waals surface area contributed by atoms with Crippen molar-refractivity contribution in [1.82, 2.24) is 0 Å². The van der Waals surface area contributed by atoms with E-state index in [0.717, 1.165) is 6.42 Å². The van der Waals surface area contributed by atoms with Gasteiger partial charge in [-0.3, -0.25) is 0 Å². The van der Waals surface area contributed by atoms with Crippen molar-refractivity contribution >= 4 is 11.8 Å². The summed E-state index contributed by atoms with van der Waals surface area (Å²) in [6, 6.07) is 0. The van der Waals surface area contributed by atoms with E-state index in [1.54, 1.807) is 0 Å². The quantitative estimate of drug-likeness (QED) is 0.170. The van der Waals surface area contributed by atoms with Crippen molar-refractivity contribution in [3.8, 4) is 0 Å². The Morgan fingerprint density at radius 3 is 1.71 bits per heavy atom. The summed E-state index contributed by atoms with van der Waals surface area (Å²) in [6.45, 7) is 7.74. The second-order valence-corrected chi connectivity index (χ2v) is 9.79. The van der Waals surface area contributed by atoms with Crippen LogP contribution in [0.15, 0.2) is 0 Å². The Bertz CT molecular complexity index is 286. The minimum atomic E-state index is 0.236. The van der Waals surface area contributed by atoms with Gasteiger partial charge < -0.3 is 9.84 Å². The molecule has 0 radical (unpaired) electrons. The maximum absolute atomic E-state index is 8.97. The maximum Gasteiger partial charge on any atom is 0.0665 e. The lowest BCUT2D eigenvalue weighted by Crippen LogP contribution is -2.24. The molecule has 2 atom stereocenters. The molecule has 1 N–H and O–H groups in total. The monoisotopic (exact) mass is 416 g/mol. The SMILES string of the molecule is CCCCCCCCCCCCS[C@@H](CCCCCCC)[C@@H](C)OCCCO. The highest BCUT2D eigenvalue weighted by atomic mass is 32.2. The third-order valence-electron chi connectivity index (χ3n) is 5.63. The van der Waals surface area contributed by atoms with Gasteiger partial charge in [0.1, 0.15) is 0 Å². The zero-order chi connectivity index (χ0) is 20.7. The molecule has 0 aliphatic heterocycles. The molecule has 0 aromatic heterocycles. The Morgan fingerprint density at radius 2 is 1.18 bits per heavy atom. The van der Waals surface area contributed by atoms with Crippen molar-refractivity contribution in [2.75, 3.05) is 19.0 Å². The molecule has 0 rings (SSSR count). The van der Waals surface area contributed by atoms with Crippen LogP contribution < -0.4 is 0 Å². The van der Waals surface area contributed by atoms with Gasteiger partial charge in [0.15, 0.2) is 0 Å². The minimum Gasteiger partial charge on any atom is -0.396 e. The van der Waals surface area contributed by atoms with Crippen LogP contribution in [-0.4, -0.2) is 35.4 Å². The van der Waals surface area contributed by atoms with Gasteiger partial charge in [0, 0.05) is 18.5 Å². The number of aliphatic hydroxyl groups is 1. The van der Waals surface area contributed by atoms with Gasteiger partial charge >= 0.3 is 0 Å². The van der Waals surface area contributed by atoms with E-state index >= 15 is 0 Å². The number of unbranched alkanes of at least 4 members (excludes halogenated alkanes) is 13. The van der Waals surface area contributed by atoms with Gasteiger partial charge in [0.05, 0.1) is 6.10 Å². The average Bonchev–Trinajstić information content (AvgIpc) is 2.70. The third kappa shape index (κ3) is 19.6. The van der Waals surface area contributed by atoms with Crippen molar-refractivity contribution in [2.24, 2.45) is 0 Å². The van der Waals surface area contributed by atoms with Gasteiger partial charge in [0.25, 0.3) is 0 Å². The van der Waals surface area contributed by atoms with E-state index in [9.17, 15) is 0 Å². The average molecular weight is 417 g/mol. The Morgan fingerprint density at radius 1 is 0.679 bits per heavy atom. The van der Waals surface area contributed by atoms with E-state index in [4.69, 9.17) is 9.84 Å². The molecular formula is C25H52O2S. The zero-order valence-corrected chi connectivity index (χ0v) is 20.4. The van der Waals surface area contributed by atoms with E-state index < -0.39 is 0 Å². The second-order valence-electron chi connectivity index (χ2n) is 8.45. The predicted octanol–water partition coefficient (Wildman–Crippen LogP) is 8.16. The summed E-state index contributed by atoms with van der Waals surface area (Å²) >= 11 is 2.14. The molecule has 0 aromatic carbocycles. The van der Waals surface area contributed by atoms with E-state index in [-0.39, 0.29) is 6.61 Å². The van der Waals surface area contributed by atoms with Crippen molar-refractivity contribution in [3.63, 3.8) is 0 Å². The molecule has 170 valence electrons. The number of ether oxygens (including phenoxy) is 1. The summed E-state index contributed by atoms with van der Waals surface area (Å²) in [5.74, 6) is 1.28. The topological polar surface area (TPSA) is 29.5 Å². The van der Waals surface area contributed by atoms with Crippen LogP contribution in [-0.2, 0) is 4.74 Å². The molecule has 0 saturated carbocycles. The minimum absolute atomic E-state index is 0.236. The van der Waals surface area contributed by atoms with Crippen molar-refractivity contribution in [2.45, 2.75) is 141 Å². The van der Waals surface area contributed by atoms with Gasteiger partial charge in [-0.15, -0.1) is 0 Å². The van der Waals surface area contributed by atoms with Crippen LogP contribution in [0.1, 0.15) is 130 Å². The highest BCUT2D eigenvalue weighted by Gasteiger charge is 2.17. The highest BCUT2D eigenvalue weighted by molar-refractivity contribution is 7.99. The van der Waals surface area contributed by atoms with E-state index in [1.807, 2.05) is 0 Å². The summed E-state index contributed by atoms with van der Waals surface area (Å²) in [5, 5.41) is 9.60. The van der Waals surface area contributed by atoms with Gasteiger partial charge in [0.2, 0.25) is 0 Å². The molecule has 0 aromatic rings. The van der Waals surface area contributed by atoms with Crippen LogP contribution in [0.25, 0.3) is 0 Å². The van der Waals surface area contributed by atoms with Crippen molar-refractivity contribution < 1.29 is 9.84 Å². The Labute approximate surface area is 182 Å². The predicted molar refractivity (Wildman–Crippen MR) is 129 cm³/mol. The van der Waals surface area contributed by atoms with Crippen LogP contribution in [0.3, 0.4) is 0 Å². The molecule has 0 aliphatic rings. The molecule has 0 bridgehead atoms. The fourth-order valence-corrected chi connectivity index (χ4v) is 5.02. The van der Waals surface area contributed by atoms with Gasteiger partial charge in [-0.05, 0) is 31.9 Å². The summed E-state index contributed by atoms with van der Waals surface area (Å²) in [6.07, 6.45) is 23.3. The fourth-order valence-electron chi connectivity index (χ4n) is 3.67. The van der Waals surface area contributed by atoms with Crippen LogP contribution >= 0.6 is 11.8 Å². The zero-order valence-electron chi connectivity index (χ0n) is 19.6. The molecule has 28 heavy (non-hydrogen) atoms. The van der Waals surface area contributed by atoms with Crippen LogP contribution in [0.5, 0.6) is 0 Å². The normalized spacial score (nSPS) is 13.7. The molecule has 0 fully saturated rings. The van der Waals surface area contributed by atoms with Crippen LogP contribution in [0.2, 0.25) is 0 Å². The molecule has 2 nitrogen and oxygen atoms in total. The molecule has 0 unspecified atom stereocenters. The maximum atomic E-state index is 8.97. The smallest absolute Gasteiger partial charge is 0.0665 e. The number of aliphatic hydroxyl groups excluding tert-OH is 1. The van der Waals surface area contributed by atoms with E-state index in [2.05, 4.69) is 32.5 Å². The highest BCUT2D eigenvalue weighted by Crippen LogP contribution is 2.25. The number of hydrogen-bond donors (Lipinski definition) is 1. The first kappa shape index (κ1) is 28.3. The first-order valence-electron chi connectivity index (χ1n) is 12.6. The fraction of sp³-hybridized carbons (Fsp3) is 1.00. The standard InChI is InChI=1S/C25H52O2S/c1-4-6-8-10-11-12-13-14-16-18-23-28-25(20-17-15-9-7-5-2)24(3)27-22-19-21-26/h24-26H,4-23H2,1-3H3/t24-,25+/m1/s1. The summed E-state index contributed by atoms with van der Waals surface area (Å²) in [5.41, 5.74) is 0. The van der Waals surface area contributed by atoms with E-state index in [1.165, 1.54) is 108 Å². The van der Waals surface area contributed by atoms with Gasteiger partial charge in [-0.2, -0.15) is 11.8 Å². The van der Waals surface area contributed by atoms with Gasteiger partial charge in [-0.1, -0.05) is 104 Å². The Balaban J connectivity index is 3.80. The molecule has 0 saturated heterocycles. The number of thioether (sulfide) groups is 1. The van der Waals surface area contributed by atoms with Crippen LogP contribution in [0.4, 0.5) is 0 Å². The summed E-state index contributed by atoms with van der Waals surface area (Å²) < 4.78 is 5.99. The summed E-state index contributed by atoms with van der Waals surface area (Å²) in [4.78, 5) is 0. The van der Waals surface area contributed by atoms with Crippen LogP contribution in [0, 0.1) is 0 Å². The molecule has 0 spiro atoms. The number of rotatable bonds is 23. The lowest BCUT2D eigenvalue weighted by Gasteiger charge is -2.24. The van der Waals surface area contributed by atoms with E-state index in [0.29, 0.717) is 18.0 Å². The summed E-state index contributed by atoms with van der Waals surface area (Å²) in [7, 11) is 0. The first-order valence-corrected chi connectivity index (χ1v) is 13.6. The second kappa shape index (κ2) is 23.5.